The number of rotatable bonds is 5. The van der Waals surface area contributed by atoms with E-state index < -0.39 is 0 Å². The third-order valence-corrected chi connectivity index (χ3v) is 2.42. The second-order valence-corrected chi connectivity index (χ2v) is 3.60. The van der Waals surface area contributed by atoms with Crippen molar-refractivity contribution in [2.24, 2.45) is 0 Å². The Labute approximate surface area is 100 Å². The van der Waals surface area contributed by atoms with Crippen LogP contribution in [0.3, 0.4) is 0 Å². The van der Waals surface area contributed by atoms with Crippen LogP contribution in [0, 0.1) is 5.92 Å². The number of hydrogen-bond donors (Lipinski definition) is 0. The predicted octanol–water partition coefficient (Wildman–Crippen LogP) is 1.21. The van der Waals surface area contributed by atoms with Gasteiger partial charge in [0.1, 0.15) is 0 Å². The van der Waals surface area contributed by atoms with Gasteiger partial charge in [0.15, 0.2) is 0 Å². The smallest absolute Gasteiger partial charge is 0.189 e. The van der Waals surface area contributed by atoms with Crippen molar-refractivity contribution in [2.45, 2.75) is 39.5 Å². The van der Waals surface area contributed by atoms with Gasteiger partial charge in [-0.25, -0.2) is 0 Å². The maximum atomic E-state index is 2.25. The Bertz CT molecular complexity index is 218. The van der Waals surface area contributed by atoms with Gasteiger partial charge in [0.05, 0.1) is 0 Å². The Balaban J connectivity index is 0.00000169. The second kappa shape index (κ2) is 8.03. The summed E-state index contributed by atoms with van der Waals surface area (Å²) in [5, 5.41) is 0. The van der Waals surface area contributed by atoms with Crippen LogP contribution in [0.4, 0.5) is 0 Å². The fourth-order valence-electron chi connectivity index (χ4n) is 1.51. The summed E-state index contributed by atoms with van der Waals surface area (Å²) in [4.78, 5) is 0. The van der Waals surface area contributed by atoms with E-state index in [9.17, 15) is 0 Å². The molecule has 0 spiro atoms. The molecule has 0 unspecified atom stereocenters. The van der Waals surface area contributed by atoms with Gasteiger partial charge in [0.2, 0.25) is 0 Å². The van der Waals surface area contributed by atoms with Crippen molar-refractivity contribution in [3.63, 3.8) is 0 Å². The molecule has 0 aliphatic carbocycles. The van der Waals surface area contributed by atoms with E-state index in [4.69, 9.17) is 0 Å². The van der Waals surface area contributed by atoms with Gasteiger partial charge in [-0.15, -0.1) is 12.1 Å². The van der Waals surface area contributed by atoms with E-state index in [0.29, 0.717) is 0 Å². The summed E-state index contributed by atoms with van der Waals surface area (Å²) in [6.45, 7) is 4.49. The average molecular weight is 182 g/mol. The molecule has 0 saturated carbocycles. The van der Waals surface area contributed by atoms with E-state index in [1.165, 1.54) is 37.2 Å². The standard InChI is InChI=1S/C13H19.Li/c1-3-4-6-9-12(2)13-10-7-5-8-11-13;/h5,7-8,10-11H,3-4,6,9H2,1-2H3;/q-1;+1. The van der Waals surface area contributed by atoms with Gasteiger partial charge < -0.3 is 0 Å². The predicted molar refractivity (Wildman–Crippen MR) is 58.6 cm³/mol. The van der Waals surface area contributed by atoms with Crippen molar-refractivity contribution in [1.29, 1.82) is 0 Å². The zero-order valence-electron chi connectivity index (χ0n) is 9.72. The molecule has 0 heterocycles. The molecule has 1 aromatic carbocycles. The summed E-state index contributed by atoms with van der Waals surface area (Å²) in [6, 6.07) is 10.7. The number of hydrogen-bond acceptors (Lipinski definition) is 0. The molecule has 0 aliphatic heterocycles. The van der Waals surface area contributed by atoms with Crippen LogP contribution in [0.1, 0.15) is 45.1 Å². The van der Waals surface area contributed by atoms with Crippen LogP contribution >= 0.6 is 0 Å². The molecule has 72 valence electrons. The summed E-state index contributed by atoms with van der Waals surface area (Å²) >= 11 is 0. The van der Waals surface area contributed by atoms with Gasteiger partial charge in [-0.1, -0.05) is 45.6 Å². The molecule has 0 aromatic heterocycles. The molecule has 0 atom stereocenters. The van der Waals surface area contributed by atoms with E-state index in [1.54, 1.807) is 0 Å². The van der Waals surface area contributed by atoms with Crippen molar-refractivity contribution in [3.8, 4) is 0 Å². The Morgan fingerprint density at radius 3 is 2.29 bits per heavy atom. The minimum atomic E-state index is 0. The van der Waals surface area contributed by atoms with Crippen LogP contribution in [-0.2, 0) is 0 Å². The van der Waals surface area contributed by atoms with Crippen molar-refractivity contribution in [1.82, 2.24) is 0 Å². The molecule has 0 bridgehead atoms. The summed E-state index contributed by atoms with van der Waals surface area (Å²) in [5.41, 5.74) is 1.40. The third kappa shape index (κ3) is 4.79. The first-order valence-corrected chi connectivity index (χ1v) is 5.22. The zero-order chi connectivity index (χ0) is 9.52. The van der Waals surface area contributed by atoms with Crippen LogP contribution in [0.2, 0.25) is 0 Å². The molecule has 1 rings (SSSR count). The normalized spacial score (nSPS) is 9.29. The summed E-state index contributed by atoms with van der Waals surface area (Å²) in [5.74, 6) is 1.52. The van der Waals surface area contributed by atoms with E-state index in [0.717, 1.165) is 0 Å². The molecule has 1 heteroatoms. The van der Waals surface area contributed by atoms with Crippen LogP contribution < -0.4 is 18.9 Å². The molecular weight excluding hydrogens is 163 g/mol. The van der Waals surface area contributed by atoms with Crippen LogP contribution in [0.5, 0.6) is 0 Å². The van der Waals surface area contributed by atoms with E-state index >= 15 is 0 Å². The number of benzene rings is 1. The maximum Gasteiger partial charge on any atom is 1.00 e. The Kier molecular flexibility index (Phi) is 7.85. The van der Waals surface area contributed by atoms with Gasteiger partial charge >= 0.3 is 18.9 Å². The van der Waals surface area contributed by atoms with Crippen LogP contribution in [0.15, 0.2) is 30.3 Å². The fraction of sp³-hybridized carbons (Fsp3) is 0.462. The summed E-state index contributed by atoms with van der Waals surface area (Å²) < 4.78 is 0. The monoisotopic (exact) mass is 182 g/mol. The van der Waals surface area contributed by atoms with Crippen molar-refractivity contribution in [3.05, 3.63) is 41.8 Å². The van der Waals surface area contributed by atoms with E-state index in [-0.39, 0.29) is 18.9 Å². The van der Waals surface area contributed by atoms with Gasteiger partial charge in [-0.2, -0.15) is 23.6 Å². The molecule has 0 fully saturated rings. The Hall–Kier alpha value is -0.313. The Morgan fingerprint density at radius 2 is 1.71 bits per heavy atom. The largest absolute Gasteiger partial charge is 1.00 e. The average Bonchev–Trinajstić information content (AvgIpc) is 2.19. The van der Waals surface area contributed by atoms with Gasteiger partial charge in [0.25, 0.3) is 0 Å². The second-order valence-electron chi connectivity index (χ2n) is 3.60. The van der Waals surface area contributed by atoms with Gasteiger partial charge in [0, 0.05) is 0 Å². The first-order valence-electron chi connectivity index (χ1n) is 5.22. The van der Waals surface area contributed by atoms with Crippen molar-refractivity contribution in [2.75, 3.05) is 0 Å². The van der Waals surface area contributed by atoms with Crippen molar-refractivity contribution >= 4 is 0 Å². The maximum absolute atomic E-state index is 2.25. The molecule has 0 N–H and O–H groups in total. The SMILES string of the molecule is CCCCC[C-](C)c1ccccc1.[Li+]. The Morgan fingerprint density at radius 1 is 1.07 bits per heavy atom. The molecule has 0 nitrogen and oxygen atoms in total. The van der Waals surface area contributed by atoms with E-state index in [1.807, 2.05) is 0 Å². The summed E-state index contributed by atoms with van der Waals surface area (Å²) in [6.07, 6.45) is 5.24. The molecule has 0 aliphatic rings. The molecular formula is C13H19Li. The minimum Gasteiger partial charge on any atom is -0.189 e. The number of unbranched alkanes of at least 4 members (excludes halogenated alkanes) is 2. The molecule has 0 saturated heterocycles. The van der Waals surface area contributed by atoms with Gasteiger partial charge in [-0.05, 0) is 0 Å². The summed E-state index contributed by atoms with van der Waals surface area (Å²) in [7, 11) is 0. The first kappa shape index (κ1) is 13.7. The van der Waals surface area contributed by atoms with E-state index in [2.05, 4.69) is 44.2 Å². The van der Waals surface area contributed by atoms with Crippen LogP contribution in [0.25, 0.3) is 0 Å². The minimum absolute atomic E-state index is 0. The molecule has 1 aromatic rings. The van der Waals surface area contributed by atoms with Gasteiger partial charge in [-0.3, -0.25) is 0 Å². The first-order chi connectivity index (χ1) is 6.34. The quantitative estimate of drug-likeness (QED) is 0.365. The fourth-order valence-corrected chi connectivity index (χ4v) is 1.51. The zero-order valence-corrected chi connectivity index (χ0v) is 9.72. The van der Waals surface area contributed by atoms with Crippen LogP contribution in [-0.4, -0.2) is 0 Å². The molecule has 0 radical (unpaired) electrons. The molecule has 14 heavy (non-hydrogen) atoms. The van der Waals surface area contributed by atoms with Crippen molar-refractivity contribution < 1.29 is 18.9 Å². The topological polar surface area (TPSA) is 0 Å². The third-order valence-electron chi connectivity index (χ3n) is 2.42. The molecule has 0 amide bonds.